The van der Waals surface area contributed by atoms with Crippen molar-refractivity contribution in [3.8, 4) is 0 Å². The number of aromatic amines is 1. The Morgan fingerprint density at radius 3 is 2.65 bits per heavy atom. The number of carbonyl (C=O) groups excluding carboxylic acids is 1. The molecule has 0 aromatic carbocycles. The number of carboxylic acids is 1. The third-order valence-electron chi connectivity index (χ3n) is 3.19. The Kier molecular flexibility index (Phi) is 3.41. The number of carboxylic acid groups (broad SMARTS) is 1. The number of carbonyl (C=O) groups is 2. The van der Waals surface area contributed by atoms with Gasteiger partial charge in [0.1, 0.15) is 0 Å². The maximum atomic E-state index is 12.0. The lowest BCUT2D eigenvalue weighted by Crippen LogP contribution is -2.35. The summed E-state index contributed by atoms with van der Waals surface area (Å²) in [7, 11) is 0. The molecule has 1 aliphatic carbocycles. The second-order valence-corrected chi connectivity index (χ2v) is 4.31. The summed E-state index contributed by atoms with van der Waals surface area (Å²) in [6.45, 7) is 0. The van der Waals surface area contributed by atoms with Crippen molar-refractivity contribution in [2.75, 3.05) is 5.32 Å². The summed E-state index contributed by atoms with van der Waals surface area (Å²) in [4.78, 5) is 23.0. The van der Waals surface area contributed by atoms with E-state index in [0.29, 0.717) is 18.5 Å². The van der Waals surface area contributed by atoms with Gasteiger partial charge in [0.05, 0.1) is 23.7 Å². The Bertz CT molecular complexity index is 402. The molecule has 2 unspecified atom stereocenters. The van der Waals surface area contributed by atoms with E-state index < -0.39 is 17.8 Å². The number of nitrogens with zero attached hydrogens (tertiary/aromatic N) is 1. The van der Waals surface area contributed by atoms with Crippen LogP contribution in [0.2, 0.25) is 0 Å². The molecule has 1 aromatic rings. The smallest absolute Gasteiger partial charge is 0.307 e. The molecule has 0 bridgehead atoms. The predicted molar refractivity (Wildman–Crippen MR) is 60.3 cm³/mol. The van der Waals surface area contributed by atoms with E-state index in [1.165, 1.54) is 6.20 Å². The van der Waals surface area contributed by atoms with E-state index >= 15 is 0 Å². The third-order valence-corrected chi connectivity index (χ3v) is 3.19. The van der Waals surface area contributed by atoms with E-state index in [1.54, 1.807) is 6.20 Å². The lowest BCUT2D eigenvalue weighted by atomic mass is 9.78. The number of anilines is 1. The maximum Gasteiger partial charge on any atom is 0.307 e. The zero-order valence-corrected chi connectivity index (χ0v) is 9.35. The van der Waals surface area contributed by atoms with Crippen LogP contribution in [0.15, 0.2) is 12.4 Å². The van der Waals surface area contributed by atoms with Crippen molar-refractivity contribution in [2.24, 2.45) is 11.8 Å². The van der Waals surface area contributed by atoms with Gasteiger partial charge in [0, 0.05) is 6.20 Å². The van der Waals surface area contributed by atoms with E-state index in [4.69, 9.17) is 5.11 Å². The first kappa shape index (κ1) is 11.6. The maximum absolute atomic E-state index is 12.0. The summed E-state index contributed by atoms with van der Waals surface area (Å²) in [5.74, 6) is -2.10. The molecule has 1 heterocycles. The molecular weight excluding hydrogens is 222 g/mol. The van der Waals surface area contributed by atoms with Crippen molar-refractivity contribution in [2.45, 2.75) is 25.7 Å². The molecule has 0 spiro atoms. The monoisotopic (exact) mass is 237 g/mol. The van der Waals surface area contributed by atoms with Gasteiger partial charge in [-0.15, -0.1) is 0 Å². The number of nitrogens with one attached hydrogen (secondary N) is 2. The Morgan fingerprint density at radius 1 is 1.35 bits per heavy atom. The van der Waals surface area contributed by atoms with Crippen molar-refractivity contribution in [1.82, 2.24) is 10.2 Å². The minimum absolute atomic E-state index is 0.224. The van der Waals surface area contributed by atoms with Crippen LogP contribution in [0.1, 0.15) is 25.7 Å². The van der Waals surface area contributed by atoms with Gasteiger partial charge in [-0.1, -0.05) is 12.8 Å². The second kappa shape index (κ2) is 4.99. The summed E-state index contributed by atoms with van der Waals surface area (Å²) >= 11 is 0. The molecule has 2 atom stereocenters. The standard InChI is InChI=1S/C11H15N3O3/c15-10(14-7-5-12-13-6-7)8-3-1-2-4-9(8)11(16)17/h5-6,8-9H,1-4H2,(H,12,13)(H,14,15)(H,16,17). The number of aliphatic carboxylic acids is 1. The quantitative estimate of drug-likeness (QED) is 0.737. The first-order chi connectivity index (χ1) is 8.18. The average molecular weight is 237 g/mol. The van der Waals surface area contributed by atoms with Crippen LogP contribution in [0.3, 0.4) is 0 Å². The van der Waals surface area contributed by atoms with Crippen LogP contribution < -0.4 is 5.32 Å². The van der Waals surface area contributed by atoms with Gasteiger partial charge in [-0.2, -0.15) is 5.10 Å². The van der Waals surface area contributed by atoms with Crippen molar-refractivity contribution < 1.29 is 14.7 Å². The number of hydrogen-bond acceptors (Lipinski definition) is 3. The van der Waals surface area contributed by atoms with Crippen molar-refractivity contribution >= 4 is 17.6 Å². The second-order valence-electron chi connectivity index (χ2n) is 4.31. The zero-order chi connectivity index (χ0) is 12.3. The summed E-state index contributed by atoms with van der Waals surface area (Å²) in [5.41, 5.74) is 0.574. The zero-order valence-electron chi connectivity index (χ0n) is 9.35. The largest absolute Gasteiger partial charge is 0.481 e. The van der Waals surface area contributed by atoms with Gasteiger partial charge in [0.25, 0.3) is 0 Å². The van der Waals surface area contributed by atoms with Crippen molar-refractivity contribution in [3.63, 3.8) is 0 Å². The van der Waals surface area contributed by atoms with Gasteiger partial charge in [-0.05, 0) is 12.8 Å². The van der Waals surface area contributed by atoms with Gasteiger partial charge in [-0.3, -0.25) is 14.7 Å². The fourth-order valence-electron chi connectivity index (χ4n) is 2.29. The molecule has 2 rings (SSSR count). The molecule has 1 amide bonds. The highest BCUT2D eigenvalue weighted by Gasteiger charge is 2.35. The normalized spacial score (nSPS) is 24.2. The highest BCUT2D eigenvalue weighted by molar-refractivity contribution is 5.94. The highest BCUT2D eigenvalue weighted by Crippen LogP contribution is 2.31. The van der Waals surface area contributed by atoms with Crippen LogP contribution in [-0.4, -0.2) is 27.2 Å². The van der Waals surface area contributed by atoms with Gasteiger partial charge in [0.2, 0.25) is 5.91 Å². The molecular formula is C11H15N3O3. The first-order valence-electron chi connectivity index (χ1n) is 5.71. The fourth-order valence-corrected chi connectivity index (χ4v) is 2.29. The minimum atomic E-state index is -0.878. The third kappa shape index (κ3) is 2.64. The van der Waals surface area contributed by atoms with E-state index in [1.807, 2.05) is 0 Å². The number of H-pyrrole nitrogens is 1. The van der Waals surface area contributed by atoms with Crippen LogP contribution in [0.25, 0.3) is 0 Å². The van der Waals surface area contributed by atoms with Crippen LogP contribution in [-0.2, 0) is 9.59 Å². The summed E-state index contributed by atoms with van der Waals surface area (Å²) in [5, 5.41) is 18.1. The number of rotatable bonds is 3. The average Bonchev–Trinajstić information content (AvgIpc) is 2.81. The number of amides is 1. The molecule has 6 heteroatoms. The van der Waals surface area contributed by atoms with E-state index in [9.17, 15) is 9.59 Å². The Morgan fingerprint density at radius 2 is 2.06 bits per heavy atom. The first-order valence-corrected chi connectivity index (χ1v) is 5.71. The van der Waals surface area contributed by atoms with Gasteiger partial charge in [0.15, 0.2) is 0 Å². The molecule has 1 aromatic heterocycles. The molecule has 1 fully saturated rings. The van der Waals surface area contributed by atoms with Crippen molar-refractivity contribution in [3.05, 3.63) is 12.4 Å². The molecule has 0 saturated heterocycles. The van der Waals surface area contributed by atoms with Crippen LogP contribution in [0.5, 0.6) is 0 Å². The number of aromatic nitrogens is 2. The molecule has 0 aliphatic heterocycles. The van der Waals surface area contributed by atoms with Gasteiger partial charge >= 0.3 is 5.97 Å². The summed E-state index contributed by atoms with van der Waals surface area (Å²) in [6.07, 6.45) is 6.08. The molecule has 0 radical (unpaired) electrons. The fraction of sp³-hybridized carbons (Fsp3) is 0.545. The number of hydrogen-bond donors (Lipinski definition) is 3. The summed E-state index contributed by atoms with van der Waals surface area (Å²) < 4.78 is 0. The SMILES string of the molecule is O=C(O)C1CCCCC1C(=O)Nc1cn[nH]c1. The molecule has 1 aliphatic rings. The van der Waals surface area contributed by atoms with Gasteiger partial charge < -0.3 is 10.4 Å². The Hall–Kier alpha value is -1.85. The van der Waals surface area contributed by atoms with E-state index in [2.05, 4.69) is 15.5 Å². The molecule has 17 heavy (non-hydrogen) atoms. The van der Waals surface area contributed by atoms with E-state index in [-0.39, 0.29) is 5.91 Å². The van der Waals surface area contributed by atoms with Crippen molar-refractivity contribution in [1.29, 1.82) is 0 Å². The minimum Gasteiger partial charge on any atom is -0.481 e. The van der Waals surface area contributed by atoms with Gasteiger partial charge in [-0.25, -0.2) is 0 Å². The highest BCUT2D eigenvalue weighted by atomic mass is 16.4. The Balaban J connectivity index is 2.03. The lowest BCUT2D eigenvalue weighted by Gasteiger charge is -2.27. The van der Waals surface area contributed by atoms with Crippen LogP contribution in [0.4, 0.5) is 5.69 Å². The molecule has 1 saturated carbocycles. The molecule has 6 nitrogen and oxygen atoms in total. The molecule has 92 valence electrons. The lowest BCUT2D eigenvalue weighted by molar-refractivity contribution is -0.147. The van der Waals surface area contributed by atoms with E-state index in [0.717, 1.165) is 12.8 Å². The predicted octanol–water partition coefficient (Wildman–Crippen LogP) is 1.24. The topological polar surface area (TPSA) is 95.1 Å². The molecule has 3 N–H and O–H groups in total. The Labute approximate surface area is 98.4 Å². The van der Waals surface area contributed by atoms with Crippen LogP contribution >= 0.6 is 0 Å². The summed E-state index contributed by atoms with van der Waals surface area (Å²) in [6, 6.07) is 0. The van der Waals surface area contributed by atoms with Crippen LogP contribution in [0, 0.1) is 11.8 Å².